The molecule has 0 aromatic rings. The molecule has 0 fully saturated rings. The molecule has 0 aliphatic carbocycles. The number of methoxy groups -OCH3 is 1. The molecule has 5 N–H and O–H groups in total. The predicted octanol–water partition coefficient (Wildman–Crippen LogP) is -0.605. The lowest BCUT2D eigenvalue weighted by molar-refractivity contribution is -0.151. The van der Waals surface area contributed by atoms with Gasteiger partial charge >= 0.3 is 5.97 Å². The van der Waals surface area contributed by atoms with Gasteiger partial charge in [-0.15, -0.1) is 0 Å². The first kappa shape index (κ1) is 14.9. The average molecular weight is 231 g/mol. The van der Waals surface area contributed by atoms with Crippen LogP contribution >= 0.6 is 0 Å². The Morgan fingerprint density at radius 3 is 2.62 bits per heavy atom. The maximum Gasteiger partial charge on any atom is 0.336 e. The molecule has 2 atom stereocenters. The molecular weight excluding hydrogens is 210 g/mol. The molecule has 16 heavy (non-hydrogen) atoms. The number of unbranched alkanes of at least 4 members (excludes halogenated alkanes) is 1. The Balaban J connectivity index is 3.69. The van der Waals surface area contributed by atoms with E-state index in [1.54, 1.807) is 6.92 Å². The molecule has 6 nitrogen and oxygen atoms in total. The summed E-state index contributed by atoms with van der Waals surface area (Å²) in [4.78, 5) is 15.0. The molecule has 0 aromatic carbocycles. The number of aliphatic hydroxyl groups excluding tert-OH is 1. The zero-order chi connectivity index (χ0) is 12.6. The van der Waals surface area contributed by atoms with E-state index in [0.29, 0.717) is 18.8 Å². The highest BCUT2D eigenvalue weighted by molar-refractivity contribution is 5.77. The van der Waals surface area contributed by atoms with E-state index in [2.05, 4.69) is 9.73 Å². The Labute approximate surface area is 95.7 Å². The third kappa shape index (κ3) is 6.36. The van der Waals surface area contributed by atoms with Crippen molar-refractivity contribution in [3.8, 4) is 0 Å². The minimum atomic E-state index is -1.25. The third-order valence-electron chi connectivity index (χ3n) is 2.16. The monoisotopic (exact) mass is 231 g/mol. The SMILES string of the molecule is COC(=O)[C@H](O)[C@@H](N)CCCCN=C(C)N. The van der Waals surface area contributed by atoms with Crippen molar-refractivity contribution in [1.29, 1.82) is 0 Å². The molecule has 0 unspecified atom stereocenters. The van der Waals surface area contributed by atoms with Crippen molar-refractivity contribution in [1.82, 2.24) is 0 Å². The van der Waals surface area contributed by atoms with Gasteiger partial charge < -0.3 is 21.3 Å². The summed E-state index contributed by atoms with van der Waals surface area (Å²) in [6.45, 7) is 2.37. The van der Waals surface area contributed by atoms with Gasteiger partial charge in [-0.3, -0.25) is 4.99 Å². The molecule has 0 amide bonds. The van der Waals surface area contributed by atoms with Crippen LogP contribution in [0.25, 0.3) is 0 Å². The fraction of sp³-hybridized carbons (Fsp3) is 0.800. The van der Waals surface area contributed by atoms with Crippen molar-refractivity contribution in [3.05, 3.63) is 0 Å². The smallest absolute Gasteiger partial charge is 0.336 e. The van der Waals surface area contributed by atoms with Crippen LogP contribution in [0.5, 0.6) is 0 Å². The van der Waals surface area contributed by atoms with Crippen molar-refractivity contribution in [3.63, 3.8) is 0 Å². The lowest BCUT2D eigenvalue weighted by atomic mass is 10.1. The Kier molecular flexibility index (Phi) is 7.49. The summed E-state index contributed by atoms with van der Waals surface area (Å²) in [6, 6.07) is -0.588. The molecule has 0 aliphatic heterocycles. The maximum atomic E-state index is 10.9. The normalized spacial score (nSPS) is 15.6. The van der Waals surface area contributed by atoms with Crippen molar-refractivity contribution in [2.45, 2.75) is 38.3 Å². The first-order chi connectivity index (χ1) is 7.49. The number of hydrogen-bond acceptors (Lipinski definition) is 5. The maximum absolute atomic E-state index is 10.9. The second kappa shape index (κ2) is 8.06. The van der Waals surface area contributed by atoms with Crippen LogP contribution in [0.1, 0.15) is 26.2 Å². The quantitative estimate of drug-likeness (QED) is 0.234. The first-order valence-electron chi connectivity index (χ1n) is 5.27. The summed E-state index contributed by atoms with van der Waals surface area (Å²) in [5.74, 6) is -0.137. The van der Waals surface area contributed by atoms with E-state index in [9.17, 15) is 9.90 Å². The third-order valence-corrected chi connectivity index (χ3v) is 2.16. The minimum absolute atomic E-state index is 0.551. The molecule has 0 radical (unpaired) electrons. The summed E-state index contributed by atoms with van der Waals surface area (Å²) in [5.41, 5.74) is 11.0. The van der Waals surface area contributed by atoms with Crippen LogP contribution in [0.2, 0.25) is 0 Å². The number of amidine groups is 1. The van der Waals surface area contributed by atoms with Crippen LogP contribution in [0.15, 0.2) is 4.99 Å². The number of aliphatic hydroxyl groups is 1. The van der Waals surface area contributed by atoms with E-state index in [0.717, 1.165) is 12.8 Å². The molecule has 0 aromatic heterocycles. The van der Waals surface area contributed by atoms with E-state index in [-0.39, 0.29) is 0 Å². The summed E-state index contributed by atoms with van der Waals surface area (Å²) >= 11 is 0. The lowest BCUT2D eigenvalue weighted by Crippen LogP contribution is -2.41. The van der Waals surface area contributed by atoms with Gasteiger partial charge in [-0.1, -0.05) is 0 Å². The Morgan fingerprint density at radius 2 is 2.12 bits per heavy atom. The number of rotatable bonds is 7. The van der Waals surface area contributed by atoms with E-state index in [4.69, 9.17) is 11.5 Å². The molecule has 6 heteroatoms. The van der Waals surface area contributed by atoms with Gasteiger partial charge in [0.15, 0.2) is 6.10 Å². The van der Waals surface area contributed by atoms with Gasteiger partial charge in [0, 0.05) is 12.6 Å². The summed E-state index contributed by atoms with van der Waals surface area (Å²) < 4.78 is 4.38. The van der Waals surface area contributed by atoms with Gasteiger partial charge in [-0.25, -0.2) is 4.79 Å². The number of hydrogen-bond donors (Lipinski definition) is 3. The van der Waals surface area contributed by atoms with Crippen molar-refractivity contribution in [2.24, 2.45) is 16.5 Å². The van der Waals surface area contributed by atoms with Crippen molar-refractivity contribution in [2.75, 3.05) is 13.7 Å². The fourth-order valence-electron chi connectivity index (χ4n) is 1.20. The van der Waals surface area contributed by atoms with Gasteiger partial charge in [-0.2, -0.15) is 0 Å². The number of carbonyl (C=O) groups excluding carboxylic acids is 1. The summed E-state index contributed by atoms with van der Waals surface area (Å²) in [6.07, 6.45) is 0.919. The number of nitrogens with zero attached hydrogens (tertiary/aromatic N) is 1. The highest BCUT2D eigenvalue weighted by Crippen LogP contribution is 2.04. The average Bonchev–Trinajstić information content (AvgIpc) is 2.25. The van der Waals surface area contributed by atoms with E-state index in [1.165, 1.54) is 7.11 Å². The second-order valence-corrected chi connectivity index (χ2v) is 3.65. The molecule has 0 saturated carbocycles. The number of ether oxygens (including phenoxy) is 1. The Hall–Kier alpha value is -1.14. The van der Waals surface area contributed by atoms with Crippen LogP contribution in [-0.2, 0) is 9.53 Å². The molecule has 0 saturated heterocycles. The van der Waals surface area contributed by atoms with Gasteiger partial charge in [-0.05, 0) is 26.2 Å². The van der Waals surface area contributed by atoms with Crippen molar-refractivity contribution >= 4 is 11.8 Å². The number of esters is 1. The molecule has 0 spiro atoms. The Morgan fingerprint density at radius 1 is 1.50 bits per heavy atom. The topological polar surface area (TPSA) is 111 Å². The van der Waals surface area contributed by atoms with Crippen LogP contribution in [0, 0.1) is 0 Å². The highest BCUT2D eigenvalue weighted by atomic mass is 16.5. The Bertz CT molecular complexity index is 239. The van der Waals surface area contributed by atoms with Gasteiger partial charge in [0.2, 0.25) is 0 Å². The van der Waals surface area contributed by atoms with Gasteiger partial charge in [0.25, 0.3) is 0 Å². The highest BCUT2D eigenvalue weighted by Gasteiger charge is 2.22. The number of nitrogens with two attached hydrogens (primary N) is 2. The molecular formula is C10H21N3O3. The van der Waals surface area contributed by atoms with E-state index >= 15 is 0 Å². The zero-order valence-electron chi connectivity index (χ0n) is 9.85. The number of carbonyl (C=O) groups is 1. The summed E-state index contributed by atoms with van der Waals surface area (Å²) in [5, 5.41) is 9.38. The van der Waals surface area contributed by atoms with E-state index < -0.39 is 18.1 Å². The number of aliphatic imine (C=N–C) groups is 1. The fourth-order valence-corrected chi connectivity index (χ4v) is 1.20. The van der Waals surface area contributed by atoms with Crippen LogP contribution in [0.3, 0.4) is 0 Å². The van der Waals surface area contributed by atoms with Gasteiger partial charge in [0.05, 0.1) is 12.9 Å². The second-order valence-electron chi connectivity index (χ2n) is 3.65. The zero-order valence-corrected chi connectivity index (χ0v) is 9.85. The van der Waals surface area contributed by atoms with Gasteiger partial charge in [0.1, 0.15) is 0 Å². The summed E-state index contributed by atoms with van der Waals surface area (Å²) in [7, 11) is 1.22. The predicted molar refractivity (Wildman–Crippen MR) is 62.0 cm³/mol. The largest absolute Gasteiger partial charge is 0.467 e. The van der Waals surface area contributed by atoms with Crippen LogP contribution in [-0.4, -0.2) is 42.7 Å². The van der Waals surface area contributed by atoms with Crippen molar-refractivity contribution < 1.29 is 14.6 Å². The van der Waals surface area contributed by atoms with Crippen LogP contribution in [0.4, 0.5) is 0 Å². The molecule has 0 rings (SSSR count). The first-order valence-corrected chi connectivity index (χ1v) is 5.27. The lowest BCUT2D eigenvalue weighted by Gasteiger charge is -2.15. The standard InChI is InChI=1S/C10H21N3O3/c1-7(11)13-6-4-3-5-8(12)9(14)10(15)16-2/h8-9,14H,3-6,12H2,1-2H3,(H2,11,13)/t8-,9+/m0/s1. The van der Waals surface area contributed by atoms with Crippen LogP contribution < -0.4 is 11.5 Å². The molecule has 94 valence electrons. The molecule has 0 bridgehead atoms. The molecule has 0 aliphatic rings. The van der Waals surface area contributed by atoms with E-state index in [1.807, 2.05) is 0 Å². The molecule has 0 heterocycles. The minimum Gasteiger partial charge on any atom is -0.467 e.